The Kier molecular flexibility index (Phi) is 5.11. The third kappa shape index (κ3) is 3.75. The number of hydrogen-bond acceptors (Lipinski definition) is 2. The molecule has 2 fully saturated rings. The van der Waals surface area contributed by atoms with E-state index in [4.69, 9.17) is 5.73 Å². The van der Waals surface area contributed by atoms with Crippen LogP contribution in [0.2, 0.25) is 0 Å². The van der Waals surface area contributed by atoms with Crippen molar-refractivity contribution in [3.8, 4) is 0 Å². The van der Waals surface area contributed by atoms with Crippen molar-refractivity contribution in [1.29, 1.82) is 0 Å². The molecule has 3 N–H and O–H groups in total. The maximum atomic E-state index is 12.5. The third-order valence-corrected chi connectivity index (χ3v) is 5.77. The number of nitrogens with two attached hydrogens (primary N) is 1. The molecule has 0 aromatic carbocycles. The van der Waals surface area contributed by atoms with Crippen molar-refractivity contribution in [2.75, 3.05) is 6.54 Å². The average molecular weight is 280 g/mol. The summed E-state index contributed by atoms with van der Waals surface area (Å²) < 4.78 is 0. The van der Waals surface area contributed by atoms with E-state index in [0.29, 0.717) is 17.3 Å². The fraction of sp³-hybridized carbons (Fsp3) is 0.941. The maximum absolute atomic E-state index is 12.5. The lowest BCUT2D eigenvalue weighted by atomic mass is 9.72. The van der Waals surface area contributed by atoms with Gasteiger partial charge >= 0.3 is 0 Å². The molecule has 116 valence electrons. The Balaban J connectivity index is 1.85. The van der Waals surface area contributed by atoms with Gasteiger partial charge in [0.2, 0.25) is 5.91 Å². The zero-order valence-electron chi connectivity index (χ0n) is 13.5. The van der Waals surface area contributed by atoms with Gasteiger partial charge in [0.1, 0.15) is 0 Å². The van der Waals surface area contributed by atoms with E-state index in [1.807, 2.05) is 0 Å². The number of hydrogen-bond donors (Lipinski definition) is 2. The van der Waals surface area contributed by atoms with Gasteiger partial charge in [-0.15, -0.1) is 0 Å². The first-order valence-corrected chi connectivity index (χ1v) is 8.44. The quantitative estimate of drug-likeness (QED) is 0.834. The number of carbonyl (C=O) groups is 1. The van der Waals surface area contributed by atoms with Gasteiger partial charge in [-0.25, -0.2) is 0 Å². The monoisotopic (exact) mass is 280 g/mol. The van der Waals surface area contributed by atoms with Crippen LogP contribution in [0.3, 0.4) is 0 Å². The molecular formula is C17H32N2O. The summed E-state index contributed by atoms with van der Waals surface area (Å²) in [6, 6.07) is 0.187. The standard InChI is InChI=1S/C17H32N2O/c1-12-9-13(2)15(18)10-14(12)16(20)19-11-17(3)7-5-4-6-8-17/h12-15H,4-11,18H2,1-3H3,(H,19,20). The second-order valence-electron chi connectivity index (χ2n) is 7.79. The van der Waals surface area contributed by atoms with E-state index < -0.39 is 0 Å². The van der Waals surface area contributed by atoms with Gasteiger partial charge in [-0.1, -0.05) is 40.0 Å². The molecule has 0 aromatic heterocycles. The summed E-state index contributed by atoms with van der Waals surface area (Å²) in [7, 11) is 0. The van der Waals surface area contributed by atoms with Crippen molar-refractivity contribution < 1.29 is 4.79 Å². The summed E-state index contributed by atoms with van der Waals surface area (Å²) in [6.45, 7) is 7.58. The van der Waals surface area contributed by atoms with Crippen LogP contribution in [-0.2, 0) is 4.79 Å². The molecule has 0 spiro atoms. The highest BCUT2D eigenvalue weighted by Crippen LogP contribution is 2.36. The lowest BCUT2D eigenvalue weighted by molar-refractivity contribution is -0.128. The van der Waals surface area contributed by atoms with Crippen LogP contribution < -0.4 is 11.1 Å². The van der Waals surface area contributed by atoms with Gasteiger partial charge in [-0.2, -0.15) is 0 Å². The van der Waals surface area contributed by atoms with Crippen LogP contribution in [0.15, 0.2) is 0 Å². The first-order chi connectivity index (χ1) is 9.41. The van der Waals surface area contributed by atoms with Crippen LogP contribution >= 0.6 is 0 Å². The van der Waals surface area contributed by atoms with Gasteiger partial charge in [0.25, 0.3) is 0 Å². The number of rotatable bonds is 3. The second kappa shape index (κ2) is 6.46. The predicted molar refractivity (Wildman–Crippen MR) is 83.2 cm³/mol. The van der Waals surface area contributed by atoms with Crippen molar-refractivity contribution >= 4 is 5.91 Å². The van der Waals surface area contributed by atoms with E-state index in [-0.39, 0.29) is 17.9 Å². The van der Waals surface area contributed by atoms with E-state index in [0.717, 1.165) is 19.4 Å². The number of amides is 1. The Morgan fingerprint density at radius 1 is 1.15 bits per heavy atom. The van der Waals surface area contributed by atoms with Crippen LogP contribution in [0, 0.1) is 23.2 Å². The van der Waals surface area contributed by atoms with Gasteiger partial charge in [0, 0.05) is 18.5 Å². The molecule has 1 amide bonds. The Labute approximate surface area is 124 Å². The zero-order chi connectivity index (χ0) is 14.8. The smallest absolute Gasteiger partial charge is 0.223 e. The first-order valence-electron chi connectivity index (χ1n) is 8.44. The van der Waals surface area contributed by atoms with Crippen molar-refractivity contribution in [2.45, 2.75) is 71.8 Å². The molecule has 2 rings (SSSR count). The fourth-order valence-corrected chi connectivity index (χ4v) is 4.06. The van der Waals surface area contributed by atoms with Crippen LogP contribution in [0.1, 0.15) is 65.7 Å². The largest absolute Gasteiger partial charge is 0.355 e. The summed E-state index contributed by atoms with van der Waals surface area (Å²) in [6.07, 6.45) is 8.43. The van der Waals surface area contributed by atoms with Gasteiger partial charge in [-0.3, -0.25) is 4.79 Å². The molecule has 0 bridgehead atoms. The highest BCUT2D eigenvalue weighted by molar-refractivity contribution is 5.79. The van der Waals surface area contributed by atoms with E-state index in [9.17, 15) is 4.79 Å². The lowest BCUT2D eigenvalue weighted by Crippen LogP contribution is -2.47. The summed E-state index contributed by atoms with van der Waals surface area (Å²) in [5.41, 5.74) is 6.47. The van der Waals surface area contributed by atoms with Crippen molar-refractivity contribution in [1.82, 2.24) is 5.32 Å². The molecule has 3 nitrogen and oxygen atoms in total. The molecule has 0 saturated heterocycles. The van der Waals surface area contributed by atoms with E-state index >= 15 is 0 Å². The summed E-state index contributed by atoms with van der Waals surface area (Å²) >= 11 is 0. The second-order valence-corrected chi connectivity index (χ2v) is 7.79. The number of nitrogens with one attached hydrogen (secondary N) is 1. The van der Waals surface area contributed by atoms with Crippen molar-refractivity contribution in [3.05, 3.63) is 0 Å². The number of carbonyl (C=O) groups excluding carboxylic acids is 1. The minimum atomic E-state index is 0.119. The molecule has 0 aliphatic heterocycles. The summed E-state index contributed by atoms with van der Waals surface area (Å²) in [4.78, 5) is 12.5. The van der Waals surface area contributed by atoms with Gasteiger partial charge in [0.15, 0.2) is 0 Å². The van der Waals surface area contributed by atoms with Crippen LogP contribution in [-0.4, -0.2) is 18.5 Å². The van der Waals surface area contributed by atoms with E-state index in [1.165, 1.54) is 32.1 Å². The fourth-order valence-electron chi connectivity index (χ4n) is 4.06. The zero-order valence-corrected chi connectivity index (χ0v) is 13.5. The first kappa shape index (κ1) is 15.8. The molecular weight excluding hydrogens is 248 g/mol. The Morgan fingerprint density at radius 2 is 1.80 bits per heavy atom. The predicted octanol–water partition coefficient (Wildman–Crippen LogP) is 3.08. The van der Waals surface area contributed by atoms with Crippen LogP contribution in [0.5, 0.6) is 0 Å². The van der Waals surface area contributed by atoms with Crippen LogP contribution in [0.4, 0.5) is 0 Å². The summed E-state index contributed by atoms with van der Waals surface area (Å²) in [5, 5.41) is 3.23. The van der Waals surface area contributed by atoms with E-state index in [1.54, 1.807) is 0 Å². The Morgan fingerprint density at radius 3 is 2.45 bits per heavy atom. The molecule has 3 heteroatoms. The molecule has 2 saturated carbocycles. The summed E-state index contributed by atoms with van der Waals surface area (Å²) in [5.74, 6) is 1.37. The normalized spacial score (nSPS) is 37.4. The van der Waals surface area contributed by atoms with Gasteiger partial charge < -0.3 is 11.1 Å². The average Bonchev–Trinajstić information content (AvgIpc) is 2.41. The molecule has 0 radical (unpaired) electrons. The van der Waals surface area contributed by atoms with E-state index in [2.05, 4.69) is 26.1 Å². The minimum Gasteiger partial charge on any atom is -0.355 e. The van der Waals surface area contributed by atoms with Crippen molar-refractivity contribution in [2.24, 2.45) is 28.9 Å². The molecule has 4 unspecified atom stereocenters. The maximum Gasteiger partial charge on any atom is 0.223 e. The minimum absolute atomic E-state index is 0.119. The highest BCUT2D eigenvalue weighted by atomic mass is 16.1. The van der Waals surface area contributed by atoms with Gasteiger partial charge in [-0.05, 0) is 42.9 Å². The Hall–Kier alpha value is -0.570. The Bertz CT molecular complexity index is 336. The van der Waals surface area contributed by atoms with Crippen molar-refractivity contribution in [3.63, 3.8) is 0 Å². The highest BCUT2D eigenvalue weighted by Gasteiger charge is 2.36. The molecule has 4 atom stereocenters. The lowest BCUT2D eigenvalue weighted by Gasteiger charge is -2.38. The van der Waals surface area contributed by atoms with Gasteiger partial charge in [0.05, 0.1) is 0 Å². The molecule has 2 aliphatic rings. The third-order valence-electron chi connectivity index (χ3n) is 5.77. The molecule has 0 heterocycles. The SMILES string of the molecule is CC1CC(C)C(C(=O)NCC2(C)CCCCC2)CC1N. The molecule has 2 aliphatic carbocycles. The molecule has 0 aromatic rings. The topological polar surface area (TPSA) is 55.1 Å². The molecule has 20 heavy (non-hydrogen) atoms. The van der Waals surface area contributed by atoms with Crippen LogP contribution in [0.25, 0.3) is 0 Å².